The maximum atomic E-state index is 11.8. The first kappa shape index (κ1) is 18.5. The second-order valence-corrected chi connectivity index (χ2v) is 8.68. The lowest BCUT2D eigenvalue weighted by Crippen LogP contribution is -2.58. The van der Waals surface area contributed by atoms with Gasteiger partial charge >= 0.3 is 0 Å². The minimum absolute atomic E-state index is 0.121. The molecule has 24 heavy (non-hydrogen) atoms. The summed E-state index contributed by atoms with van der Waals surface area (Å²) in [5.74, 6) is 1.36. The van der Waals surface area contributed by atoms with Gasteiger partial charge in [-0.05, 0) is 57.0 Å². The SMILES string of the molecule is CCN(CC)CC1CCCCC1C1(O)C(N)=NC2CCC(Cl)CC21. The number of alkyl halides is 1. The van der Waals surface area contributed by atoms with Crippen molar-refractivity contribution in [1.82, 2.24) is 4.90 Å². The summed E-state index contributed by atoms with van der Waals surface area (Å²) in [4.78, 5) is 7.18. The van der Waals surface area contributed by atoms with Gasteiger partial charge in [0.2, 0.25) is 0 Å². The Morgan fingerprint density at radius 1 is 1.17 bits per heavy atom. The number of nitrogens with zero attached hydrogens (tertiary/aromatic N) is 2. The summed E-state index contributed by atoms with van der Waals surface area (Å²) in [5, 5.41) is 11.9. The summed E-state index contributed by atoms with van der Waals surface area (Å²) in [6.07, 6.45) is 7.52. The topological polar surface area (TPSA) is 61.8 Å². The Hall–Kier alpha value is -0.320. The summed E-state index contributed by atoms with van der Waals surface area (Å²) in [6, 6.07) is 0.182. The van der Waals surface area contributed by atoms with E-state index in [1.54, 1.807) is 0 Å². The van der Waals surface area contributed by atoms with Gasteiger partial charge < -0.3 is 15.7 Å². The highest BCUT2D eigenvalue weighted by atomic mass is 35.5. The van der Waals surface area contributed by atoms with E-state index in [0.717, 1.165) is 45.3 Å². The van der Waals surface area contributed by atoms with Crippen molar-refractivity contribution in [3.8, 4) is 0 Å². The van der Waals surface area contributed by atoms with Crippen LogP contribution in [-0.4, -0.2) is 52.5 Å². The minimum atomic E-state index is -0.934. The van der Waals surface area contributed by atoms with Gasteiger partial charge in [0, 0.05) is 17.8 Å². The van der Waals surface area contributed by atoms with Crippen LogP contribution in [0.3, 0.4) is 0 Å². The quantitative estimate of drug-likeness (QED) is 0.745. The highest BCUT2D eigenvalue weighted by molar-refractivity contribution is 6.20. The third-order valence-electron chi connectivity index (χ3n) is 6.89. The monoisotopic (exact) mass is 355 g/mol. The Kier molecular flexibility index (Phi) is 5.78. The van der Waals surface area contributed by atoms with Gasteiger partial charge in [-0.1, -0.05) is 26.7 Å². The molecule has 0 aromatic carbocycles. The molecule has 1 heterocycles. The van der Waals surface area contributed by atoms with E-state index in [0.29, 0.717) is 11.8 Å². The molecule has 0 radical (unpaired) electrons. The Balaban J connectivity index is 1.84. The van der Waals surface area contributed by atoms with Crippen LogP contribution in [0.5, 0.6) is 0 Å². The molecule has 1 aliphatic heterocycles. The predicted molar refractivity (Wildman–Crippen MR) is 101 cm³/mol. The van der Waals surface area contributed by atoms with Crippen molar-refractivity contribution in [3.05, 3.63) is 0 Å². The molecule has 3 rings (SSSR count). The Morgan fingerprint density at radius 3 is 2.58 bits per heavy atom. The van der Waals surface area contributed by atoms with Crippen LogP contribution < -0.4 is 5.73 Å². The number of amidine groups is 1. The minimum Gasteiger partial charge on any atom is -0.385 e. The average Bonchev–Trinajstić information content (AvgIpc) is 2.85. The molecule has 3 N–H and O–H groups in total. The van der Waals surface area contributed by atoms with Gasteiger partial charge in [-0.15, -0.1) is 11.6 Å². The first-order valence-electron chi connectivity index (χ1n) is 9.93. The molecule has 2 aliphatic carbocycles. The zero-order chi connectivity index (χ0) is 17.3. The van der Waals surface area contributed by atoms with Gasteiger partial charge in [0.1, 0.15) is 11.4 Å². The van der Waals surface area contributed by atoms with Crippen molar-refractivity contribution in [2.75, 3.05) is 19.6 Å². The summed E-state index contributed by atoms with van der Waals surface area (Å²) in [7, 11) is 0. The fraction of sp³-hybridized carbons (Fsp3) is 0.947. The Morgan fingerprint density at radius 2 is 1.88 bits per heavy atom. The van der Waals surface area contributed by atoms with E-state index in [2.05, 4.69) is 18.7 Å². The van der Waals surface area contributed by atoms with Gasteiger partial charge in [0.25, 0.3) is 0 Å². The molecule has 0 amide bonds. The third kappa shape index (κ3) is 3.22. The standard InChI is InChI=1S/C19H34ClN3O/c1-3-23(4-2)12-13-7-5-6-8-15(13)19(24)16-11-14(20)9-10-17(16)22-18(19)21/h13-17,24H,3-12H2,1-2H3,(H2,21,22). The molecule has 6 unspecified atom stereocenters. The zero-order valence-corrected chi connectivity index (χ0v) is 16.0. The first-order chi connectivity index (χ1) is 11.5. The smallest absolute Gasteiger partial charge is 0.129 e. The summed E-state index contributed by atoms with van der Waals surface area (Å²) in [6.45, 7) is 7.64. The normalized spacial score (nSPS) is 42.9. The van der Waals surface area contributed by atoms with Crippen molar-refractivity contribution < 1.29 is 5.11 Å². The van der Waals surface area contributed by atoms with Crippen LogP contribution in [0.2, 0.25) is 0 Å². The van der Waals surface area contributed by atoms with E-state index >= 15 is 0 Å². The van der Waals surface area contributed by atoms with Crippen LogP contribution in [0.15, 0.2) is 4.99 Å². The van der Waals surface area contributed by atoms with Gasteiger partial charge in [-0.25, -0.2) is 0 Å². The van der Waals surface area contributed by atoms with Crippen molar-refractivity contribution in [2.45, 2.75) is 75.8 Å². The number of hydrogen-bond acceptors (Lipinski definition) is 4. The van der Waals surface area contributed by atoms with E-state index in [1.807, 2.05) is 0 Å². The predicted octanol–water partition coefficient (Wildman–Crippen LogP) is 3.01. The Bertz CT molecular complexity index is 468. The molecule has 5 heteroatoms. The molecule has 138 valence electrons. The van der Waals surface area contributed by atoms with E-state index < -0.39 is 5.60 Å². The third-order valence-corrected chi connectivity index (χ3v) is 7.29. The number of rotatable bonds is 5. The molecule has 0 aromatic heterocycles. The molecular formula is C19H34ClN3O. The fourth-order valence-corrected chi connectivity index (χ4v) is 5.80. The first-order valence-corrected chi connectivity index (χ1v) is 10.4. The van der Waals surface area contributed by atoms with E-state index in [4.69, 9.17) is 22.3 Å². The summed E-state index contributed by atoms with van der Waals surface area (Å²) in [5.41, 5.74) is 5.42. The second kappa shape index (κ2) is 7.51. The molecule has 0 saturated heterocycles. The average molecular weight is 356 g/mol. The fourth-order valence-electron chi connectivity index (χ4n) is 5.49. The number of nitrogens with two attached hydrogens (primary N) is 1. The summed E-state index contributed by atoms with van der Waals surface area (Å²) < 4.78 is 0. The molecular weight excluding hydrogens is 322 g/mol. The lowest BCUT2D eigenvalue weighted by Gasteiger charge is -2.47. The van der Waals surface area contributed by atoms with Crippen LogP contribution in [0.1, 0.15) is 58.8 Å². The molecule has 3 aliphatic rings. The zero-order valence-electron chi connectivity index (χ0n) is 15.3. The largest absolute Gasteiger partial charge is 0.385 e. The lowest BCUT2D eigenvalue weighted by atomic mass is 9.62. The maximum Gasteiger partial charge on any atom is 0.129 e. The molecule has 2 saturated carbocycles. The van der Waals surface area contributed by atoms with Crippen molar-refractivity contribution in [2.24, 2.45) is 28.5 Å². The van der Waals surface area contributed by atoms with Crippen LogP contribution >= 0.6 is 11.6 Å². The second-order valence-electron chi connectivity index (χ2n) is 8.06. The molecule has 0 bridgehead atoms. The number of aliphatic hydroxyl groups is 1. The van der Waals surface area contributed by atoms with Crippen molar-refractivity contribution in [1.29, 1.82) is 0 Å². The van der Waals surface area contributed by atoms with Gasteiger partial charge in [-0.2, -0.15) is 0 Å². The highest BCUT2D eigenvalue weighted by Gasteiger charge is 2.57. The summed E-state index contributed by atoms with van der Waals surface area (Å²) >= 11 is 6.45. The van der Waals surface area contributed by atoms with Gasteiger partial charge in [-0.3, -0.25) is 4.99 Å². The number of fused-ring (bicyclic) bond motifs is 1. The van der Waals surface area contributed by atoms with E-state index in [-0.39, 0.29) is 23.3 Å². The molecule has 0 aromatic rings. The number of halogens is 1. The van der Waals surface area contributed by atoms with Crippen LogP contribution in [0, 0.1) is 17.8 Å². The molecule has 0 spiro atoms. The molecule has 2 fully saturated rings. The molecule has 6 atom stereocenters. The highest BCUT2D eigenvalue weighted by Crippen LogP contribution is 2.50. The van der Waals surface area contributed by atoms with Crippen molar-refractivity contribution in [3.63, 3.8) is 0 Å². The van der Waals surface area contributed by atoms with E-state index in [9.17, 15) is 5.11 Å². The van der Waals surface area contributed by atoms with Crippen LogP contribution in [0.25, 0.3) is 0 Å². The van der Waals surface area contributed by atoms with Gasteiger partial charge in [0.15, 0.2) is 0 Å². The molecule has 4 nitrogen and oxygen atoms in total. The maximum absolute atomic E-state index is 11.8. The van der Waals surface area contributed by atoms with Gasteiger partial charge in [0.05, 0.1) is 6.04 Å². The number of hydrogen-bond donors (Lipinski definition) is 2. The van der Waals surface area contributed by atoms with Crippen molar-refractivity contribution >= 4 is 17.4 Å². The van der Waals surface area contributed by atoms with Crippen LogP contribution in [0.4, 0.5) is 0 Å². The Labute approximate surface area is 151 Å². The van der Waals surface area contributed by atoms with Crippen LogP contribution in [-0.2, 0) is 0 Å². The van der Waals surface area contributed by atoms with E-state index in [1.165, 1.54) is 19.3 Å². The lowest BCUT2D eigenvalue weighted by molar-refractivity contribution is -0.0568. The number of aliphatic imine (C=N–C) groups is 1.